The minimum absolute atomic E-state index is 0.0286. The number of benzene rings is 3. The van der Waals surface area contributed by atoms with E-state index < -0.39 is 0 Å². The number of fused-ring (bicyclic) bond motifs is 1. The number of carbonyl (C=O) groups is 2. The predicted octanol–water partition coefficient (Wildman–Crippen LogP) is 4.05. The molecule has 5 nitrogen and oxygen atoms in total. The Hall–Kier alpha value is -3.60. The summed E-state index contributed by atoms with van der Waals surface area (Å²) in [4.78, 5) is 24.1. The van der Waals surface area contributed by atoms with Crippen molar-refractivity contribution in [1.82, 2.24) is 5.32 Å². The van der Waals surface area contributed by atoms with Crippen LogP contribution in [0.15, 0.2) is 78.9 Å². The zero-order valence-corrected chi connectivity index (χ0v) is 16.6. The number of nitrogens with one attached hydrogen (secondary N) is 2. The van der Waals surface area contributed by atoms with Crippen LogP contribution in [0.3, 0.4) is 0 Å². The highest BCUT2D eigenvalue weighted by Gasteiger charge is 2.17. The molecule has 2 amide bonds. The largest absolute Gasteiger partial charge is 0.484 e. The monoisotopic (exact) mass is 400 g/mol. The number of ether oxygens (including phenoxy) is 1. The molecule has 152 valence electrons. The predicted molar refractivity (Wildman–Crippen MR) is 116 cm³/mol. The molecule has 0 aromatic heterocycles. The molecule has 5 heteroatoms. The van der Waals surface area contributed by atoms with Crippen LogP contribution in [0.2, 0.25) is 0 Å². The average Bonchev–Trinajstić information content (AvgIpc) is 2.78. The van der Waals surface area contributed by atoms with Crippen LogP contribution in [0, 0.1) is 0 Å². The average molecular weight is 400 g/mol. The van der Waals surface area contributed by atoms with Crippen LogP contribution in [-0.4, -0.2) is 18.4 Å². The van der Waals surface area contributed by atoms with E-state index in [1.807, 2.05) is 60.7 Å². The fraction of sp³-hybridized carbons (Fsp3) is 0.200. The Balaban J connectivity index is 1.40. The van der Waals surface area contributed by atoms with Gasteiger partial charge in [-0.3, -0.25) is 9.59 Å². The van der Waals surface area contributed by atoms with Crippen molar-refractivity contribution in [3.63, 3.8) is 0 Å². The summed E-state index contributed by atoms with van der Waals surface area (Å²) in [5.41, 5.74) is 4.05. The Bertz CT molecular complexity index is 1020. The zero-order valence-electron chi connectivity index (χ0n) is 16.6. The molecule has 1 heterocycles. The van der Waals surface area contributed by atoms with E-state index >= 15 is 0 Å². The van der Waals surface area contributed by atoms with Crippen LogP contribution in [0.5, 0.6) is 5.75 Å². The highest BCUT2D eigenvalue weighted by molar-refractivity contribution is 5.94. The van der Waals surface area contributed by atoms with Crippen molar-refractivity contribution >= 4 is 17.5 Å². The fourth-order valence-corrected chi connectivity index (χ4v) is 3.62. The van der Waals surface area contributed by atoms with E-state index in [-0.39, 0.29) is 24.5 Å². The van der Waals surface area contributed by atoms with Gasteiger partial charge in [-0.2, -0.15) is 0 Å². The Kier molecular flexibility index (Phi) is 6.09. The van der Waals surface area contributed by atoms with Gasteiger partial charge in [0.15, 0.2) is 6.61 Å². The van der Waals surface area contributed by atoms with Gasteiger partial charge in [-0.15, -0.1) is 0 Å². The maximum absolute atomic E-state index is 12.6. The number of hydrogen-bond donors (Lipinski definition) is 2. The van der Waals surface area contributed by atoms with Gasteiger partial charge >= 0.3 is 0 Å². The molecule has 0 saturated carbocycles. The second kappa shape index (κ2) is 9.27. The summed E-state index contributed by atoms with van der Waals surface area (Å²) in [6.07, 6.45) is 1.85. The van der Waals surface area contributed by atoms with Crippen LogP contribution < -0.4 is 15.4 Å². The van der Waals surface area contributed by atoms with E-state index in [0.717, 1.165) is 22.4 Å². The van der Waals surface area contributed by atoms with Gasteiger partial charge in [0, 0.05) is 12.1 Å². The first-order valence-corrected chi connectivity index (χ1v) is 10.1. The normalized spacial score (nSPS) is 13.7. The highest BCUT2D eigenvalue weighted by atomic mass is 16.5. The van der Waals surface area contributed by atoms with E-state index in [1.54, 1.807) is 6.07 Å². The highest BCUT2D eigenvalue weighted by Crippen LogP contribution is 2.27. The van der Waals surface area contributed by atoms with E-state index in [4.69, 9.17) is 4.74 Å². The molecular weight excluding hydrogens is 376 g/mol. The molecule has 0 fully saturated rings. The van der Waals surface area contributed by atoms with Gasteiger partial charge in [-0.1, -0.05) is 60.7 Å². The van der Waals surface area contributed by atoms with Crippen LogP contribution in [-0.2, 0) is 22.4 Å². The second-order valence-corrected chi connectivity index (χ2v) is 7.38. The smallest absolute Gasteiger partial charge is 0.258 e. The maximum atomic E-state index is 12.6. The summed E-state index contributed by atoms with van der Waals surface area (Å²) >= 11 is 0. The van der Waals surface area contributed by atoms with Crippen molar-refractivity contribution in [2.75, 3.05) is 11.9 Å². The zero-order chi connectivity index (χ0) is 20.8. The van der Waals surface area contributed by atoms with Crippen molar-refractivity contribution in [2.45, 2.75) is 25.3 Å². The van der Waals surface area contributed by atoms with Crippen molar-refractivity contribution in [3.05, 3.63) is 95.6 Å². The molecule has 0 unspecified atom stereocenters. The lowest BCUT2D eigenvalue weighted by Crippen LogP contribution is -2.33. The van der Waals surface area contributed by atoms with Gasteiger partial charge in [0.2, 0.25) is 5.91 Å². The van der Waals surface area contributed by atoms with Gasteiger partial charge in [-0.05, 0) is 47.7 Å². The summed E-state index contributed by atoms with van der Waals surface area (Å²) in [5, 5.41) is 5.94. The van der Waals surface area contributed by atoms with Crippen molar-refractivity contribution < 1.29 is 14.3 Å². The summed E-state index contributed by atoms with van der Waals surface area (Å²) < 4.78 is 5.72. The lowest BCUT2D eigenvalue weighted by Gasteiger charge is -2.20. The maximum Gasteiger partial charge on any atom is 0.258 e. The van der Waals surface area contributed by atoms with Crippen molar-refractivity contribution in [1.29, 1.82) is 0 Å². The quantitative estimate of drug-likeness (QED) is 0.629. The lowest BCUT2D eigenvalue weighted by molar-refractivity contribution is -0.123. The van der Waals surface area contributed by atoms with E-state index in [9.17, 15) is 9.59 Å². The molecule has 0 saturated heterocycles. The Labute approximate surface area is 176 Å². The van der Waals surface area contributed by atoms with Gasteiger partial charge in [0.1, 0.15) is 5.75 Å². The van der Waals surface area contributed by atoms with E-state index in [0.29, 0.717) is 25.0 Å². The molecular formula is C25H24N2O3. The number of anilines is 1. The molecule has 3 aromatic carbocycles. The lowest BCUT2D eigenvalue weighted by atomic mass is 9.99. The van der Waals surface area contributed by atoms with Gasteiger partial charge in [-0.25, -0.2) is 0 Å². The summed E-state index contributed by atoms with van der Waals surface area (Å²) in [6.45, 7) is -0.0662. The Morgan fingerprint density at radius 3 is 2.47 bits per heavy atom. The first-order valence-electron chi connectivity index (χ1n) is 10.1. The third-order valence-electron chi connectivity index (χ3n) is 5.16. The molecule has 3 aromatic rings. The van der Waals surface area contributed by atoms with Crippen molar-refractivity contribution in [3.8, 4) is 5.75 Å². The van der Waals surface area contributed by atoms with E-state index in [2.05, 4.69) is 22.8 Å². The number of rotatable bonds is 7. The number of amides is 2. The molecule has 2 N–H and O–H groups in total. The standard InChI is InChI=1S/C25H24N2O3/c28-24-14-11-20-16-21(12-13-22(20)26-24)30-17-25(29)27-23(19-9-5-2-6-10-19)15-18-7-3-1-4-8-18/h1-10,12-13,16,23H,11,14-15,17H2,(H,26,28)(H,27,29)/t23-/m0/s1. The topological polar surface area (TPSA) is 67.4 Å². The number of carbonyl (C=O) groups excluding carboxylic acids is 2. The van der Waals surface area contributed by atoms with Crippen LogP contribution in [0.1, 0.15) is 29.2 Å². The third-order valence-corrected chi connectivity index (χ3v) is 5.16. The molecule has 1 aliphatic rings. The molecule has 0 radical (unpaired) electrons. The summed E-state index contributed by atoms with van der Waals surface area (Å²) in [5.74, 6) is 0.478. The van der Waals surface area contributed by atoms with Crippen LogP contribution in [0.4, 0.5) is 5.69 Å². The Morgan fingerprint density at radius 1 is 0.967 bits per heavy atom. The second-order valence-electron chi connectivity index (χ2n) is 7.38. The first kappa shape index (κ1) is 19.7. The molecule has 0 bridgehead atoms. The van der Waals surface area contributed by atoms with E-state index in [1.165, 1.54) is 0 Å². The van der Waals surface area contributed by atoms with Crippen LogP contribution >= 0.6 is 0 Å². The summed E-state index contributed by atoms with van der Waals surface area (Å²) in [6, 6.07) is 25.4. The van der Waals surface area contributed by atoms with Gasteiger partial charge in [0.05, 0.1) is 6.04 Å². The molecule has 4 rings (SSSR count). The molecule has 0 spiro atoms. The molecule has 30 heavy (non-hydrogen) atoms. The van der Waals surface area contributed by atoms with Crippen LogP contribution in [0.25, 0.3) is 0 Å². The minimum atomic E-state index is -0.175. The summed E-state index contributed by atoms with van der Waals surface area (Å²) in [7, 11) is 0. The SMILES string of the molecule is O=C1CCc2cc(OCC(=O)N[C@@H](Cc3ccccc3)c3ccccc3)ccc2N1. The number of aryl methyl sites for hydroxylation is 1. The fourth-order valence-electron chi connectivity index (χ4n) is 3.62. The van der Waals surface area contributed by atoms with Gasteiger partial charge in [0.25, 0.3) is 5.91 Å². The number of hydrogen-bond acceptors (Lipinski definition) is 3. The first-order chi connectivity index (χ1) is 14.7. The van der Waals surface area contributed by atoms with Gasteiger partial charge < -0.3 is 15.4 Å². The molecule has 1 atom stereocenters. The molecule has 0 aliphatic carbocycles. The van der Waals surface area contributed by atoms with Crippen molar-refractivity contribution in [2.24, 2.45) is 0 Å². The third kappa shape index (κ3) is 5.06. The Morgan fingerprint density at radius 2 is 1.70 bits per heavy atom. The molecule has 1 aliphatic heterocycles. The minimum Gasteiger partial charge on any atom is -0.484 e.